The average molecular weight is 102 g/mol. The van der Waals surface area contributed by atoms with E-state index in [1.807, 2.05) is 0 Å². The molecule has 0 aliphatic rings. The standard InChI is InChI=1S/C3H7BO3/c1-3(2-5)4(6)7/h5-7H,1-2H2. The molecule has 0 atom stereocenters. The molecule has 0 amide bonds. The van der Waals surface area contributed by atoms with Crippen LogP contribution >= 0.6 is 0 Å². The van der Waals surface area contributed by atoms with Crippen LogP contribution in [0.3, 0.4) is 0 Å². The molecule has 4 heteroatoms. The van der Waals surface area contributed by atoms with Gasteiger partial charge in [-0.05, 0) is 5.47 Å². The first-order valence-corrected chi connectivity index (χ1v) is 1.83. The van der Waals surface area contributed by atoms with Crippen molar-refractivity contribution in [3.8, 4) is 0 Å². The average Bonchev–Trinajstić information content (AvgIpc) is 1.65. The Kier molecular flexibility index (Phi) is 2.67. The van der Waals surface area contributed by atoms with Crippen LogP contribution in [0.2, 0.25) is 0 Å². The first-order chi connectivity index (χ1) is 3.18. The quantitative estimate of drug-likeness (QED) is 0.373. The first kappa shape index (κ1) is 6.68. The number of aliphatic hydroxyl groups excluding tert-OH is 1. The van der Waals surface area contributed by atoms with Crippen molar-refractivity contribution >= 4 is 7.12 Å². The molecule has 0 unspecified atom stereocenters. The van der Waals surface area contributed by atoms with E-state index in [1.165, 1.54) is 0 Å². The number of hydrogen-bond acceptors (Lipinski definition) is 3. The van der Waals surface area contributed by atoms with Gasteiger partial charge < -0.3 is 15.2 Å². The Morgan fingerprint density at radius 2 is 2.00 bits per heavy atom. The van der Waals surface area contributed by atoms with Crippen LogP contribution in [0.15, 0.2) is 12.1 Å². The van der Waals surface area contributed by atoms with Gasteiger partial charge in [0.25, 0.3) is 0 Å². The summed E-state index contributed by atoms with van der Waals surface area (Å²) >= 11 is 0. The van der Waals surface area contributed by atoms with Crippen molar-refractivity contribution in [2.24, 2.45) is 0 Å². The van der Waals surface area contributed by atoms with E-state index in [0.29, 0.717) is 0 Å². The van der Waals surface area contributed by atoms with Crippen molar-refractivity contribution in [3.05, 3.63) is 12.1 Å². The summed E-state index contributed by atoms with van der Waals surface area (Å²) in [4.78, 5) is 0. The summed E-state index contributed by atoms with van der Waals surface area (Å²) < 4.78 is 0. The highest BCUT2D eigenvalue weighted by Crippen LogP contribution is 1.85. The van der Waals surface area contributed by atoms with Crippen LogP contribution in [-0.4, -0.2) is 28.9 Å². The van der Waals surface area contributed by atoms with Gasteiger partial charge in [0.05, 0.1) is 6.61 Å². The largest absolute Gasteiger partial charge is 0.485 e. The lowest BCUT2D eigenvalue weighted by Gasteiger charge is -1.94. The third-order valence-corrected chi connectivity index (χ3v) is 0.568. The van der Waals surface area contributed by atoms with Crippen LogP contribution in [0.4, 0.5) is 0 Å². The normalized spacial score (nSPS) is 8.43. The molecule has 3 nitrogen and oxygen atoms in total. The molecule has 0 fully saturated rings. The van der Waals surface area contributed by atoms with Crippen LogP contribution in [0.1, 0.15) is 0 Å². The molecule has 0 bridgehead atoms. The van der Waals surface area contributed by atoms with E-state index in [9.17, 15) is 0 Å². The van der Waals surface area contributed by atoms with Gasteiger partial charge in [-0.1, -0.05) is 0 Å². The maximum Gasteiger partial charge on any atom is 0.485 e. The van der Waals surface area contributed by atoms with E-state index in [4.69, 9.17) is 15.2 Å². The van der Waals surface area contributed by atoms with Crippen molar-refractivity contribution in [2.75, 3.05) is 6.61 Å². The molecule has 0 radical (unpaired) electrons. The molecule has 0 aromatic heterocycles. The van der Waals surface area contributed by atoms with Crippen molar-refractivity contribution in [1.82, 2.24) is 0 Å². The highest BCUT2D eigenvalue weighted by Gasteiger charge is 2.08. The van der Waals surface area contributed by atoms with Gasteiger partial charge in [-0.2, -0.15) is 0 Å². The van der Waals surface area contributed by atoms with E-state index >= 15 is 0 Å². The smallest absolute Gasteiger partial charge is 0.423 e. The van der Waals surface area contributed by atoms with Gasteiger partial charge in [0.15, 0.2) is 0 Å². The topological polar surface area (TPSA) is 60.7 Å². The maximum absolute atomic E-state index is 8.12. The minimum atomic E-state index is -1.58. The lowest BCUT2D eigenvalue weighted by atomic mass is 9.81. The summed E-state index contributed by atoms with van der Waals surface area (Å²) in [6.07, 6.45) is 0. The zero-order valence-electron chi connectivity index (χ0n) is 3.83. The maximum atomic E-state index is 8.12. The fourth-order valence-corrected chi connectivity index (χ4v) is 0.0816. The monoisotopic (exact) mass is 102 g/mol. The fourth-order valence-electron chi connectivity index (χ4n) is 0.0816. The van der Waals surface area contributed by atoms with Crippen LogP contribution < -0.4 is 0 Å². The van der Waals surface area contributed by atoms with Gasteiger partial charge in [0.2, 0.25) is 0 Å². The number of rotatable bonds is 2. The lowest BCUT2D eigenvalue weighted by molar-refractivity contribution is 0.325. The Balaban J connectivity index is 3.35. The van der Waals surface area contributed by atoms with E-state index in [0.717, 1.165) is 0 Å². The summed E-state index contributed by atoms with van der Waals surface area (Å²) in [5, 5.41) is 24.3. The third-order valence-electron chi connectivity index (χ3n) is 0.568. The van der Waals surface area contributed by atoms with E-state index < -0.39 is 7.12 Å². The highest BCUT2D eigenvalue weighted by molar-refractivity contribution is 6.50. The number of aliphatic hydroxyl groups is 1. The second kappa shape index (κ2) is 2.79. The van der Waals surface area contributed by atoms with Crippen molar-refractivity contribution < 1.29 is 15.2 Å². The second-order valence-electron chi connectivity index (χ2n) is 1.19. The van der Waals surface area contributed by atoms with Crippen molar-refractivity contribution in [1.29, 1.82) is 0 Å². The first-order valence-electron chi connectivity index (χ1n) is 1.83. The molecule has 0 spiro atoms. The Hall–Kier alpha value is -0.315. The molecule has 0 saturated heterocycles. The van der Waals surface area contributed by atoms with E-state index in [2.05, 4.69) is 6.58 Å². The second-order valence-corrected chi connectivity index (χ2v) is 1.19. The lowest BCUT2D eigenvalue weighted by Crippen LogP contribution is -2.16. The highest BCUT2D eigenvalue weighted by atomic mass is 16.4. The zero-order chi connectivity index (χ0) is 5.86. The van der Waals surface area contributed by atoms with Gasteiger partial charge in [0, 0.05) is 0 Å². The summed E-state index contributed by atoms with van der Waals surface area (Å²) in [5.74, 6) is 0. The molecule has 0 aliphatic heterocycles. The Labute approximate surface area is 42.1 Å². The molecule has 40 valence electrons. The molecule has 0 aromatic rings. The predicted molar refractivity (Wildman–Crippen MR) is 26.4 cm³/mol. The van der Waals surface area contributed by atoms with Crippen LogP contribution in [0, 0.1) is 0 Å². The molecule has 0 heterocycles. The third kappa shape index (κ3) is 2.39. The van der Waals surface area contributed by atoms with Crippen LogP contribution in [-0.2, 0) is 0 Å². The Morgan fingerprint density at radius 3 is 2.00 bits per heavy atom. The van der Waals surface area contributed by atoms with E-state index in [1.54, 1.807) is 0 Å². The fraction of sp³-hybridized carbons (Fsp3) is 0.333. The van der Waals surface area contributed by atoms with Crippen molar-refractivity contribution in [2.45, 2.75) is 0 Å². The van der Waals surface area contributed by atoms with Crippen LogP contribution in [0.5, 0.6) is 0 Å². The molecular weight excluding hydrogens is 94.8 g/mol. The molecule has 0 aromatic carbocycles. The molecule has 0 rings (SSSR count). The van der Waals surface area contributed by atoms with Crippen LogP contribution in [0.25, 0.3) is 0 Å². The van der Waals surface area contributed by atoms with Gasteiger partial charge >= 0.3 is 7.12 Å². The van der Waals surface area contributed by atoms with Gasteiger partial charge in [-0.15, -0.1) is 6.58 Å². The van der Waals surface area contributed by atoms with Gasteiger partial charge in [-0.3, -0.25) is 0 Å². The molecular formula is C3H7BO3. The summed E-state index contributed by atoms with van der Waals surface area (Å²) in [5.41, 5.74) is 0.0139. The van der Waals surface area contributed by atoms with Gasteiger partial charge in [-0.25, -0.2) is 0 Å². The minimum absolute atomic E-state index is 0.0139. The Bertz CT molecular complexity index is 70.6. The van der Waals surface area contributed by atoms with Gasteiger partial charge in [0.1, 0.15) is 0 Å². The Morgan fingerprint density at radius 1 is 1.57 bits per heavy atom. The minimum Gasteiger partial charge on any atom is -0.423 e. The molecule has 0 aliphatic carbocycles. The molecule has 3 N–H and O–H groups in total. The zero-order valence-corrected chi connectivity index (χ0v) is 3.83. The molecule has 0 saturated carbocycles. The predicted octanol–water partition coefficient (Wildman–Crippen LogP) is -1.45. The van der Waals surface area contributed by atoms with Crippen molar-refractivity contribution in [3.63, 3.8) is 0 Å². The van der Waals surface area contributed by atoms with E-state index in [-0.39, 0.29) is 12.1 Å². The SMILES string of the molecule is C=C(CO)B(O)O. The number of hydrogen-bond donors (Lipinski definition) is 3. The molecule has 7 heavy (non-hydrogen) atoms. The summed E-state index contributed by atoms with van der Waals surface area (Å²) in [6, 6.07) is 0. The summed E-state index contributed by atoms with van der Waals surface area (Å²) in [6.45, 7) is 2.75. The summed E-state index contributed by atoms with van der Waals surface area (Å²) in [7, 11) is -1.58.